The molecule has 2 atom stereocenters. The van der Waals surface area contributed by atoms with E-state index in [0.29, 0.717) is 13.1 Å². The third kappa shape index (κ3) is 2.65. The molecule has 19 heavy (non-hydrogen) atoms. The minimum absolute atomic E-state index is 0.0976. The standard InChI is InChI=1S/C13H24N2O3S/c1-10(2)13(4-5-14-9-13)12(16)15-6-7-19(17,18)8-11(15)3/h10-11,14H,4-9H2,1-3H3. The Morgan fingerprint density at radius 2 is 2.11 bits per heavy atom. The van der Waals surface area contributed by atoms with E-state index >= 15 is 0 Å². The van der Waals surface area contributed by atoms with Gasteiger partial charge in [-0.3, -0.25) is 4.79 Å². The van der Waals surface area contributed by atoms with E-state index in [4.69, 9.17) is 0 Å². The topological polar surface area (TPSA) is 66.5 Å². The molecule has 1 amide bonds. The summed E-state index contributed by atoms with van der Waals surface area (Å²) >= 11 is 0. The summed E-state index contributed by atoms with van der Waals surface area (Å²) in [6.07, 6.45) is 0.847. The lowest BCUT2D eigenvalue weighted by Gasteiger charge is -2.41. The van der Waals surface area contributed by atoms with Crippen LogP contribution < -0.4 is 5.32 Å². The Morgan fingerprint density at radius 1 is 1.42 bits per heavy atom. The molecule has 2 unspecified atom stereocenters. The zero-order chi connectivity index (χ0) is 14.3. The number of rotatable bonds is 2. The molecule has 0 aromatic heterocycles. The molecule has 2 heterocycles. The number of carbonyl (C=O) groups is 1. The lowest BCUT2D eigenvalue weighted by atomic mass is 9.75. The van der Waals surface area contributed by atoms with Gasteiger partial charge in [0.1, 0.15) is 0 Å². The third-order valence-corrected chi connectivity index (χ3v) is 6.45. The Kier molecular flexibility index (Phi) is 3.93. The summed E-state index contributed by atoms with van der Waals surface area (Å²) in [4.78, 5) is 14.7. The summed E-state index contributed by atoms with van der Waals surface area (Å²) in [6.45, 7) is 7.91. The first-order chi connectivity index (χ1) is 8.78. The minimum Gasteiger partial charge on any atom is -0.337 e. The van der Waals surface area contributed by atoms with E-state index in [0.717, 1.165) is 13.0 Å². The van der Waals surface area contributed by atoms with Crippen LogP contribution in [0.3, 0.4) is 0 Å². The van der Waals surface area contributed by atoms with E-state index in [9.17, 15) is 13.2 Å². The van der Waals surface area contributed by atoms with Gasteiger partial charge in [-0.05, 0) is 25.8 Å². The molecule has 5 nitrogen and oxygen atoms in total. The van der Waals surface area contributed by atoms with Crippen molar-refractivity contribution < 1.29 is 13.2 Å². The SMILES string of the molecule is CC1CS(=O)(=O)CCN1C(=O)C1(C(C)C)CCNC1. The molecule has 2 aliphatic rings. The maximum Gasteiger partial charge on any atom is 0.230 e. The molecule has 0 spiro atoms. The molecule has 0 aromatic carbocycles. The summed E-state index contributed by atoms with van der Waals surface area (Å²) < 4.78 is 23.2. The van der Waals surface area contributed by atoms with Crippen LogP contribution in [0.15, 0.2) is 0 Å². The lowest BCUT2D eigenvalue weighted by Crippen LogP contribution is -2.56. The van der Waals surface area contributed by atoms with Crippen molar-refractivity contribution in [1.29, 1.82) is 0 Å². The summed E-state index contributed by atoms with van der Waals surface area (Å²) in [5.41, 5.74) is -0.352. The lowest BCUT2D eigenvalue weighted by molar-refractivity contribution is -0.145. The zero-order valence-corrected chi connectivity index (χ0v) is 12.8. The van der Waals surface area contributed by atoms with Crippen molar-refractivity contribution in [3.8, 4) is 0 Å². The summed E-state index contributed by atoms with van der Waals surface area (Å²) in [5.74, 6) is 0.598. The van der Waals surface area contributed by atoms with Gasteiger partial charge in [0.2, 0.25) is 5.91 Å². The number of nitrogens with one attached hydrogen (secondary N) is 1. The van der Waals surface area contributed by atoms with Gasteiger partial charge >= 0.3 is 0 Å². The number of hydrogen-bond donors (Lipinski definition) is 1. The number of amides is 1. The first-order valence-electron chi connectivity index (χ1n) is 7.01. The number of hydrogen-bond acceptors (Lipinski definition) is 4. The third-order valence-electron chi connectivity index (χ3n) is 4.65. The predicted octanol–water partition coefficient (Wildman–Crippen LogP) is 0.268. The van der Waals surface area contributed by atoms with Crippen LogP contribution in [0, 0.1) is 11.3 Å². The fraction of sp³-hybridized carbons (Fsp3) is 0.923. The van der Waals surface area contributed by atoms with Crippen LogP contribution in [0.25, 0.3) is 0 Å². The fourth-order valence-corrected chi connectivity index (χ4v) is 4.78. The second-order valence-electron chi connectivity index (χ2n) is 6.20. The van der Waals surface area contributed by atoms with Crippen molar-refractivity contribution in [3.63, 3.8) is 0 Å². The smallest absolute Gasteiger partial charge is 0.230 e. The van der Waals surface area contributed by atoms with Crippen LogP contribution in [0.1, 0.15) is 27.2 Å². The summed E-state index contributed by atoms with van der Waals surface area (Å²) in [6, 6.07) is -0.206. The molecule has 0 aliphatic carbocycles. The molecule has 0 aromatic rings. The van der Waals surface area contributed by atoms with Gasteiger partial charge in [0.25, 0.3) is 0 Å². The Hall–Kier alpha value is -0.620. The largest absolute Gasteiger partial charge is 0.337 e. The quantitative estimate of drug-likeness (QED) is 0.792. The van der Waals surface area contributed by atoms with Crippen molar-refractivity contribution >= 4 is 15.7 Å². The van der Waals surface area contributed by atoms with E-state index in [1.165, 1.54) is 0 Å². The number of nitrogens with zero attached hydrogens (tertiary/aromatic N) is 1. The Labute approximate surface area is 115 Å². The highest BCUT2D eigenvalue weighted by Crippen LogP contribution is 2.37. The second kappa shape index (κ2) is 5.05. The normalized spacial score (nSPS) is 34.7. The molecule has 0 radical (unpaired) electrons. The van der Waals surface area contributed by atoms with Gasteiger partial charge < -0.3 is 10.2 Å². The zero-order valence-electron chi connectivity index (χ0n) is 12.0. The monoisotopic (exact) mass is 288 g/mol. The highest BCUT2D eigenvalue weighted by Gasteiger charge is 2.48. The van der Waals surface area contributed by atoms with Gasteiger partial charge in [-0.15, -0.1) is 0 Å². The molecular weight excluding hydrogens is 264 g/mol. The fourth-order valence-electron chi connectivity index (χ4n) is 3.22. The van der Waals surface area contributed by atoms with Crippen LogP contribution in [0.5, 0.6) is 0 Å². The van der Waals surface area contributed by atoms with E-state index < -0.39 is 9.84 Å². The molecule has 2 rings (SSSR count). The van der Waals surface area contributed by atoms with Crippen LogP contribution in [-0.2, 0) is 14.6 Å². The van der Waals surface area contributed by atoms with Gasteiger partial charge in [-0.2, -0.15) is 0 Å². The Balaban J connectivity index is 2.19. The van der Waals surface area contributed by atoms with Gasteiger partial charge in [-0.25, -0.2) is 8.42 Å². The molecule has 0 bridgehead atoms. The van der Waals surface area contributed by atoms with E-state index in [2.05, 4.69) is 19.2 Å². The van der Waals surface area contributed by atoms with Crippen LogP contribution in [-0.4, -0.2) is 56.4 Å². The first kappa shape index (κ1) is 14.8. The van der Waals surface area contributed by atoms with Crippen LogP contribution >= 0.6 is 0 Å². The first-order valence-corrected chi connectivity index (χ1v) is 8.83. The van der Waals surface area contributed by atoms with Gasteiger partial charge in [0.15, 0.2) is 9.84 Å². The molecule has 0 saturated carbocycles. The highest BCUT2D eigenvalue weighted by atomic mass is 32.2. The average Bonchev–Trinajstić information content (AvgIpc) is 2.77. The molecule has 2 aliphatic heterocycles. The molecule has 2 saturated heterocycles. The molecular formula is C13H24N2O3S. The van der Waals surface area contributed by atoms with Crippen LogP contribution in [0.4, 0.5) is 0 Å². The van der Waals surface area contributed by atoms with E-state index in [1.54, 1.807) is 4.90 Å². The molecule has 6 heteroatoms. The van der Waals surface area contributed by atoms with Crippen molar-refractivity contribution in [2.75, 3.05) is 31.1 Å². The van der Waals surface area contributed by atoms with Gasteiger partial charge in [0.05, 0.1) is 16.9 Å². The van der Waals surface area contributed by atoms with Crippen molar-refractivity contribution in [3.05, 3.63) is 0 Å². The molecule has 2 fully saturated rings. The van der Waals surface area contributed by atoms with E-state index in [1.807, 2.05) is 6.92 Å². The average molecular weight is 288 g/mol. The van der Waals surface area contributed by atoms with E-state index in [-0.39, 0.29) is 34.8 Å². The maximum atomic E-state index is 12.9. The molecule has 1 N–H and O–H groups in total. The van der Waals surface area contributed by atoms with Crippen molar-refractivity contribution in [2.24, 2.45) is 11.3 Å². The Morgan fingerprint density at radius 3 is 2.58 bits per heavy atom. The predicted molar refractivity (Wildman–Crippen MR) is 74.6 cm³/mol. The van der Waals surface area contributed by atoms with Crippen LogP contribution in [0.2, 0.25) is 0 Å². The van der Waals surface area contributed by atoms with Crippen molar-refractivity contribution in [1.82, 2.24) is 10.2 Å². The minimum atomic E-state index is -2.97. The van der Waals surface area contributed by atoms with Crippen molar-refractivity contribution in [2.45, 2.75) is 33.2 Å². The highest BCUT2D eigenvalue weighted by molar-refractivity contribution is 7.91. The Bertz CT molecular complexity index is 453. The molecule has 110 valence electrons. The van der Waals surface area contributed by atoms with Gasteiger partial charge in [-0.1, -0.05) is 13.8 Å². The maximum absolute atomic E-state index is 12.9. The number of carbonyl (C=O) groups excluding carboxylic acids is 1. The number of sulfone groups is 1. The van der Waals surface area contributed by atoms with Gasteiger partial charge in [0, 0.05) is 19.1 Å². The summed E-state index contributed by atoms with van der Waals surface area (Å²) in [7, 11) is -2.97. The second-order valence-corrected chi connectivity index (χ2v) is 8.43. The summed E-state index contributed by atoms with van der Waals surface area (Å²) in [5, 5.41) is 3.28.